The highest BCUT2D eigenvalue weighted by Gasteiger charge is 1.98. The van der Waals surface area contributed by atoms with Crippen molar-refractivity contribution in [2.45, 2.75) is 0 Å². The van der Waals surface area contributed by atoms with E-state index in [0.29, 0.717) is 12.2 Å². The molecule has 0 radical (unpaired) electrons. The molecule has 0 atom stereocenters. The second-order valence-corrected chi connectivity index (χ2v) is 2.45. The minimum Gasteiger partial charge on any atom is -0.399 e. The third-order valence-corrected chi connectivity index (χ3v) is 1.49. The van der Waals surface area contributed by atoms with E-state index in [0.717, 1.165) is 5.69 Å². The lowest BCUT2D eigenvalue weighted by molar-refractivity contribution is 0.968. The molecule has 0 saturated heterocycles. The van der Waals surface area contributed by atoms with Gasteiger partial charge in [-0.15, -0.1) is 0 Å². The van der Waals surface area contributed by atoms with Gasteiger partial charge in [0.15, 0.2) is 0 Å². The number of hydrazine groups is 1. The van der Waals surface area contributed by atoms with Crippen LogP contribution in [0.3, 0.4) is 0 Å². The second-order valence-electron chi connectivity index (χ2n) is 2.45. The van der Waals surface area contributed by atoms with E-state index in [4.69, 9.17) is 17.0 Å². The molecule has 5 N–H and O–H groups in total. The quantitative estimate of drug-likeness (QED) is 0.265. The molecule has 0 aliphatic heterocycles. The minimum atomic E-state index is 0.392. The van der Waals surface area contributed by atoms with Crippen LogP contribution in [0.25, 0.3) is 0 Å². The van der Waals surface area contributed by atoms with Crippen LogP contribution in [-0.4, -0.2) is 12.8 Å². The number of nitrogens with two attached hydrogens (primary N) is 2. The van der Waals surface area contributed by atoms with Crippen molar-refractivity contribution < 1.29 is 0 Å². The fourth-order valence-corrected chi connectivity index (χ4v) is 0.907. The van der Waals surface area contributed by atoms with Gasteiger partial charge in [-0.1, -0.05) is 6.07 Å². The first-order valence-electron chi connectivity index (χ1n) is 3.60. The van der Waals surface area contributed by atoms with E-state index >= 15 is 0 Å². The molecule has 0 aliphatic rings. The normalized spacial score (nSPS) is 9.42. The lowest BCUT2D eigenvalue weighted by atomic mass is 10.3. The first kappa shape index (κ1) is 8.55. The number of nitrogens with zero attached hydrogens (tertiary/aromatic N) is 1. The van der Waals surface area contributed by atoms with Crippen LogP contribution in [0, 0.1) is 5.41 Å². The van der Waals surface area contributed by atoms with Gasteiger partial charge in [-0.05, 0) is 18.2 Å². The number of benzene rings is 1. The van der Waals surface area contributed by atoms with Crippen molar-refractivity contribution in [2.24, 2.45) is 5.84 Å². The average Bonchev–Trinajstić information content (AvgIpc) is 2.05. The zero-order valence-electron chi connectivity index (χ0n) is 6.70. The van der Waals surface area contributed by atoms with Gasteiger partial charge in [0.25, 0.3) is 0 Å². The van der Waals surface area contributed by atoms with Crippen molar-refractivity contribution in [3.05, 3.63) is 24.3 Å². The lowest BCUT2D eigenvalue weighted by Gasteiger charge is -2.15. The molecule has 4 nitrogen and oxygen atoms in total. The average molecular weight is 164 g/mol. The Hall–Kier alpha value is -1.55. The van der Waals surface area contributed by atoms with E-state index in [1.165, 1.54) is 11.2 Å². The van der Waals surface area contributed by atoms with Crippen molar-refractivity contribution in [1.82, 2.24) is 0 Å². The Kier molecular flexibility index (Phi) is 2.66. The predicted molar refractivity (Wildman–Crippen MR) is 51.2 cm³/mol. The number of hydrogen-bond acceptors (Lipinski definition) is 4. The molecule has 0 saturated carbocycles. The van der Waals surface area contributed by atoms with Crippen molar-refractivity contribution in [3.63, 3.8) is 0 Å². The van der Waals surface area contributed by atoms with Crippen LogP contribution in [0.5, 0.6) is 0 Å². The topological polar surface area (TPSA) is 79.1 Å². The van der Waals surface area contributed by atoms with Crippen LogP contribution in [-0.2, 0) is 0 Å². The summed E-state index contributed by atoms with van der Waals surface area (Å²) in [6.45, 7) is 0.392. The van der Waals surface area contributed by atoms with Crippen LogP contribution in [0.1, 0.15) is 0 Å². The molecular formula is C8H12N4. The van der Waals surface area contributed by atoms with Gasteiger partial charge in [-0.3, -0.25) is 0 Å². The maximum atomic E-state index is 6.86. The zero-order chi connectivity index (χ0) is 8.97. The van der Waals surface area contributed by atoms with Gasteiger partial charge in [-0.2, -0.15) is 0 Å². The molecule has 0 fully saturated rings. The predicted octanol–water partition coefficient (Wildman–Crippen LogP) is 0.598. The Bertz CT molecular complexity index is 272. The van der Waals surface area contributed by atoms with Crippen molar-refractivity contribution >= 4 is 17.6 Å². The first-order valence-corrected chi connectivity index (χ1v) is 3.60. The van der Waals surface area contributed by atoms with E-state index in [2.05, 4.69) is 0 Å². The van der Waals surface area contributed by atoms with Crippen LogP contribution in [0.4, 0.5) is 11.4 Å². The van der Waals surface area contributed by atoms with E-state index in [1.54, 1.807) is 12.1 Å². The van der Waals surface area contributed by atoms with Crippen molar-refractivity contribution in [3.8, 4) is 0 Å². The maximum Gasteiger partial charge on any atom is 0.0688 e. The number of hydrogen-bond donors (Lipinski definition) is 3. The van der Waals surface area contributed by atoms with E-state index < -0.39 is 0 Å². The van der Waals surface area contributed by atoms with Gasteiger partial charge in [0.05, 0.1) is 12.2 Å². The summed E-state index contributed by atoms with van der Waals surface area (Å²) in [5, 5.41) is 8.32. The summed E-state index contributed by atoms with van der Waals surface area (Å²) in [6.07, 6.45) is 1.24. The highest BCUT2D eigenvalue weighted by Crippen LogP contribution is 2.13. The summed E-state index contributed by atoms with van der Waals surface area (Å²) in [6, 6.07) is 7.24. The Morgan fingerprint density at radius 2 is 2.25 bits per heavy atom. The van der Waals surface area contributed by atoms with Gasteiger partial charge in [0.1, 0.15) is 0 Å². The Labute approximate surface area is 71.3 Å². The molecule has 0 aromatic heterocycles. The summed E-state index contributed by atoms with van der Waals surface area (Å²) in [5.74, 6) is 5.60. The summed E-state index contributed by atoms with van der Waals surface area (Å²) < 4.78 is 0. The number of anilines is 2. The summed E-state index contributed by atoms with van der Waals surface area (Å²) in [7, 11) is 0. The van der Waals surface area contributed by atoms with Crippen LogP contribution >= 0.6 is 0 Å². The third-order valence-electron chi connectivity index (χ3n) is 1.49. The Balaban J connectivity index is 2.80. The molecule has 0 aliphatic carbocycles. The molecule has 0 spiro atoms. The highest BCUT2D eigenvalue weighted by molar-refractivity contribution is 5.64. The van der Waals surface area contributed by atoms with E-state index in [1.807, 2.05) is 12.1 Å². The van der Waals surface area contributed by atoms with Crippen LogP contribution in [0.2, 0.25) is 0 Å². The number of nitrogen functional groups attached to an aromatic ring is 1. The molecule has 0 bridgehead atoms. The van der Waals surface area contributed by atoms with Crippen molar-refractivity contribution in [1.29, 1.82) is 5.41 Å². The fourth-order valence-electron chi connectivity index (χ4n) is 0.907. The number of nitrogens with one attached hydrogen (secondary N) is 1. The molecule has 64 valence electrons. The van der Waals surface area contributed by atoms with Crippen LogP contribution < -0.4 is 16.6 Å². The molecular weight excluding hydrogens is 152 g/mol. The molecule has 1 aromatic carbocycles. The van der Waals surface area contributed by atoms with Gasteiger partial charge in [0.2, 0.25) is 0 Å². The molecule has 12 heavy (non-hydrogen) atoms. The molecule has 1 rings (SSSR count). The first-order chi connectivity index (χ1) is 5.74. The SMILES string of the molecule is N=CCN(N)c1cccc(N)c1. The molecule has 0 amide bonds. The molecule has 4 heteroatoms. The minimum absolute atomic E-state index is 0.392. The summed E-state index contributed by atoms with van der Waals surface area (Å²) >= 11 is 0. The lowest BCUT2D eigenvalue weighted by Crippen LogP contribution is -2.32. The Morgan fingerprint density at radius 3 is 2.83 bits per heavy atom. The third kappa shape index (κ3) is 1.96. The standard InChI is InChI=1S/C8H12N4/c9-4-5-12(11)8-3-1-2-7(10)6-8/h1-4,6,9H,5,10-11H2. The smallest absolute Gasteiger partial charge is 0.0688 e. The van der Waals surface area contributed by atoms with E-state index in [-0.39, 0.29) is 0 Å². The van der Waals surface area contributed by atoms with Gasteiger partial charge >= 0.3 is 0 Å². The Morgan fingerprint density at radius 1 is 1.50 bits per heavy atom. The zero-order valence-corrected chi connectivity index (χ0v) is 6.70. The maximum absolute atomic E-state index is 6.86. The van der Waals surface area contributed by atoms with Gasteiger partial charge < -0.3 is 16.2 Å². The number of rotatable bonds is 3. The fraction of sp³-hybridized carbons (Fsp3) is 0.125. The van der Waals surface area contributed by atoms with Gasteiger partial charge in [0, 0.05) is 11.9 Å². The molecule has 1 aromatic rings. The largest absolute Gasteiger partial charge is 0.399 e. The second kappa shape index (κ2) is 3.73. The summed E-state index contributed by atoms with van der Waals surface area (Å²) in [5.41, 5.74) is 7.05. The molecule has 0 unspecified atom stereocenters. The molecule has 0 heterocycles. The van der Waals surface area contributed by atoms with Crippen LogP contribution in [0.15, 0.2) is 24.3 Å². The highest BCUT2D eigenvalue weighted by atomic mass is 15.4. The monoisotopic (exact) mass is 164 g/mol. The van der Waals surface area contributed by atoms with Crippen molar-refractivity contribution in [2.75, 3.05) is 17.3 Å². The van der Waals surface area contributed by atoms with E-state index in [9.17, 15) is 0 Å². The summed E-state index contributed by atoms with van der Waals surface area (Å²) in [4.78, 5) is 0. The van der Waals surface area contributed by atoms with Gasteiger partial charge in [-0.25, -0.2) is 5.84 Å².